The third-order valence-electron chi connectivity index (χ3n) is 4.81. The van der Waals surface area contributed by atoms with E-state index in [2.05, 4.69) is 15.3 Å². The maximum atomic E-state index is 14.8. The van der Waals surface area contributed by atoms with Gasteiger partial charge in [-0.2, -0.15) is 0 Å². The Bertz CT molecular complexity index is 1290. The molecule has 5 nitrogen and oxygen atoms in total. The standard InChI is InChI=1S/C25H23FN4OS/c1-31-25-23(18-10-6-3-7-11-18)24(21(27)14-30-25)29-15-22-20(26)12-19(13-28-22)32-16-17-8-4-2-5-9-17/h2-14H,15-16,27H2,1H3,(H,29,30)/i1D3. The van der Waals surface area contributed by atoms with Gasteiger partial charge < -0.3 is 15.8 Å². The predicted molar refractivity (Wildman–Crippen MR) is 128 cm³/mol. The van der Waals surface area contributed by atoms with Gasteiger partial charge in [-0.15, -0.1) is 11.8 Å². The van der Waals surface area contributed by atoms with Crippen molar-refractivity contribution in [2.24, 2.45) is 0 Å². The van der Waals surface area contributed by atoms with Crippen LogP contribution in [-0.4, -0.2) is 17.0 Å². The van der Waals surface area contributed by atoms with Crippen LogP contribution >= 0.6 is 11.8 Å². The molecule has 2 aromatic carbocycles. The average molecular weight is 450 g/mol. The van der Waals surface area contributed by atoms with Crippen molar-refractivity contribution >= 4 is 23.1 Å². The SMILES string of the molecule is [2H]C([2H])([2H])Oc1ncc(N)c(NCc2ncc(SCc3ccccc3)cc2F)c1-c1ccccc1. The Hall–Kier alpha value is -3.58. The number of nitrogen functional groups attached to an aromatic ring is 1. The number of hydrogen-bond acceptors (Lipinski definition) is 6. The molecule has 0 aliphatic rings. The lowest BCUT2D eigenvalue weighted by atomic mass is 10.0. The van der Waals surface area contributed by atoms with E-state index >= 15 is 0 Å². The first-order valence-electron chi connectivity index (χ1n) is 11.4. The molecular formula is C25H23FN4OS. The third-order valence-corrected chi connectivity index (χ3v) is 5.84. The lowest BCUT2D eigenvalue weighted by Gasteiger charge is -2.17. The summed E-state index contributed by atoms with van der Waals surface area (Å²) in [6, 6.07) is 20.4. The zero-order valence-electron chi connectivity index (χ0n) is 20.1. The Balaban J connectivity index is 1.57. The number of rotatable bonds is 8. The molecule has 4 rings (SSSR count). The molecular weight excluding hydrogens is 423 g/mol. The zero-order valence-corrected chi connectivity index (χ0v) is 17.9. The summed E-state index contributed by atoms with van der Waals surface area (Å²) in [5.74, 6) is 0.150. The molecule has 4 aromatic rings. The molecule has 0 aliphatic carbocycles. The summed E-state index contributed by atoms with van der Waals surface area (Å²) in [4.78, 5) is 9.09. The molecule has 0 aliphatic heterocycles. The van der Waals surface area contributed by atoms with Gasteiger partial charge in [-0.05, 0) is 17.2 Å². The van der Waals surface area contributed by atoms with Crippen molar-refractivity contribution in [2.45, 2.75) is 17.2 Å². The fourth-order valence-electron chi connectivity index (χ4n) is 3.22. The quantitative estimate of drug-likeness (QED) is 0.332. The molecule has 2 aromatic heterocycles. The Morgan fingerprint density at radius 2 is 1.81 bits per heavy atom. The van der Waals surface area contributed by atoms with Crippen molar-refractivity contribution in [3.8, 4) is 17.0 Å². The molecule has 0 fully saturated rings. The lowest BCUT2D eigenvalue weighted by Crippen LogP contribution is -2.09. The maximum Gasteiger partial charge on any atom is 0.223 e. The monoisotopic (exact) mass is 449 g/mol. The van der Waals surface area contributed by atoms with Crippen LogP contribution in [0, 0.1) is 5.82 Å². The van der Waals surface area contributed by atoms with E-state index < -0.39 is 12.9 Å². The van der Waals surface area contributed by atoms with E-state index in [9.17, 15) is 4.39 Å². The van der Waals surface area contributed by atoms with Gasteiger partial charge in [0.25, 0.3) is 0 Å². The van der Waals surface area contributed by atoms with E-state index in [0.29, 0.717) is 22.6 Å². The molecule has 7 heteroatoms. The minimum absolute atomic E-state index is 0.0245. The van der Waals surface area contributed by atoms with Crippen molar-refractivity contribution in [1.29, 1.82) is 0 Å². The van der Waals surface area contributed by atoms with Gasteiger partial charge in [-0.25, -0.2) is 9.37 Å². The number of halogens is 1. The second kappa shape index (κ2) is 10.2. The van der Waals surface area contributed by atoms with Crippen LogP contribution in [0.15, 0.2) is 84.0 Å². The Morgan fingerprint density at radius 3 is 2.53 bits per heavy atom. The van der Waals surface area contributed by atoms with E-state index in [0.717, 1.165) is 10.5 Å². The van der Waals surface area contributed by atoms with Crippen LogP contribution in [0.2, 0.25) is 0 Å². The highest BCUT2D eigenvalue weighted by Crippen LogP contribution is 2.39. The van der Waals surface area contributed by atoms with Gasteiger partial charge in [0.05, 0.1) is 46.5 Å². The van der Waals surface area contributed by atoms with Crippen molar-refractivity contribution < 1.29 is 13.2 Å². The Morgan fingerprint density at radius 1 is 1.06 bits per heavy atom. The lowest BCUT2D eigenvalue weighted by molar-refractivity contribution is 0.400. The smallest absolute Gasteiger partial charge is 0.223 e. The molecule has 0 unspecified atom stereocenters. The summed E-state index contributed by atoms with van der Waals surface area (Å²) in [5.41, 5.74) is 9.18. The third kappa shape index (κ3) is 5.00. The van der Waals surface area contributed by atoms with E-state index in [1.165, 1.54) is 24.0 Å². The number of thioether (sulfide) groups is 1. The molecule has 0 bridgehead atoms. The second-order valence-corrected chi connectivity index (χ2v) is 8.01. The number of nitrogens with two attached hydrogens (primary N) is 1. The number of ether oxygens (including phenoxy) is 1. The highest BCUT2D eigenvalue weighted by atomic mass is 32.2. The summed E-state index contributed by atoms with van der Waals surface area (Å²) in [6.45, 7) is 0.0245. The van der Waals surface area contributed by atoms with Crippen LogP contribution < -0.4 is 15.8 Å². The van der Waals surface area contributed by atoms with Crippen LogP contribution in [0.25, 0.3) is 11.1 Å². The molecule has 0 saturated heterocycles. The minimum Gasteiger partial charge on any atom is -0.480 e. The van der Waals surface area contributed by atoms with Crippen LogP contribution in [0.3, 0.4) is 0 Å². The first-order valence-corrected chi connectivity index (χ1v) is 10.9. The van der Waals surface area contributed by atoms with Crippen LogP contribution in [0.4, 0.5) is 15.8 Å². The Kier molecular flexibility index (Phi) is 5.72. The summed E-state index contributed by atoms with van der Waals surface area (Å²) in [6.07, 6.45) is 2.94. The fraction of sp³-hybridized carbons (Fsp3) is 0.120. The van der Waals surface area contributed by atoms with E-state index in [1.54, 1.807) is 30.5 Å². The molecule has 0 radical (unpaired) electrons. The topological polar surface area (TPSA) is 73.1 Å². The molecule has 0 spiro atoms. The summed E-state index contributed by atoms with van der Waals surface area (Å²) >= 11 is 1.50. The average Bonchev–Trinajstić information content (AvgIpc) is 2.84. The van der Waals surface area contributed by atoms with Gasteiger partial charge >= 0.3 is 0 Å². The largest absolute Gasteiger partial charge is 0.480 e. The van der Waals surface area contributed by atoms with Gasteiger partial charge in [0, 0.05) is 16.8 Å². The number of benzene rings is 2. The highest BCUT2D eigenvalue weighted by molar-refractivity contribution is 7.98. The molecule has 0 atom stereocenters. The van der Waals surface area contributed by atoms with Crippen LogP contribution in [0.1, 0.15) is 15.4 Å². The van der Waals surface area contributed by atoms with Gasteiger partial charge in [0.1, 0.15) is 5.82 Å². The molecule has 2 heterocycles. The van der Waals surface area contributed by atoms with E-state index in [4.69, 9.17) is 14.6 Å². The number of methoxy groups -OCH3 is 1. The van der Waals surface area contributed by atoms with Gasteiger partial charge in [-0.3, -0.25) is 4.98 Å². The zero-order chi connectivity index (χ0) is 24.8. The predicted octanol–water partition coefficient (Wildman–Crippen LogP) is 5.78. The number of anilines is 2. The van der Waals surface area contributed by atoms with Gasteiger partial charge in [0.15, 0.2) is 0 Å². The minimum atomic E-state index is -2.70. The number of pyridine rings is 2. The molecule has 0 saturated carbocycles. The summed E-state index contributed by atoms with van der Waals surface area (Å²) in [5, 5.41) is 3.10. The normalized spacial score (nSPS) is 12.5. The molecule has 0 amide bonds. The first kappa shape index (κ1) is 18.0. The summed E-state index contributed by atoms with van der Waals surface area (Å²) < 4.78 is 42.4. The van der Waals surface area contributed by atoms with Crippen molar-refractivity contribution in [3.63, 3.8) is 0 Å². The number of hydrogen-bond donors (Lipinski definition) is 2. The highest BCUT2D eigenvalue weighted by Gasteiger charge is 2.17. The first-order chi connectivity index (χ1) is 16.8. The second-order valence-electron chi connectivity index (χ2n) is 6.96. The van der Waals surface area contributed by atoms with Crippen LogP contribution in [0.5, 0.6) is 5.88 Å². The van der Waals surface area contributed by atoms with E-state index in [1.807, 2.05) is 36.4 Å². The number of aromatic nitrogens is 2. The number of nitrogens with one attached hydrogen (secondary N) is 1. The van der Waals surface area contributed by atoms with Gasteiger partial charge in [0.2, 0.25) is 5.88 Å². The van der Waals surface area contributed by atoms with Crippen LogP contribution in [-0.2, 0) is 12.3 Å². The Labute approximate surface area is 195 Å². The van der Waals surface area contributed by atoms with Crippen molar-refractivity contribution in [1.82, 2.24) is 9.97 Å². The number of nitrogens with zero attached hydrogens (tertiary/aromatic N) is 2. The molecule has 162 valence electrons. The summed E-state index contributed by atoms with van der Waals surface area (Å²) in [7, 11) is -2.70. The van der Waals surface area contributed by atoms with Crippen molar-refractivity contribution in [3.05, 3.63) is 96.2 Å². The maximum absolute atomic E-state index is 14.8. The van der Waals surface area contributed by atoms with Gasteiger partial charge in [-0.1, -0.05) is 60.7 Å². The molecule has 3 N–H and O–H groups in total. The fourth-order valence-corrected chi connectivity index (χ4v) is 4.06. The van der Waals surface area contributed by atoms with Crippen molar-refractivity contribution in [2.75, 3.05) is 18.1 Å². The van der Waals surface area contributed by atoms with E-state index in [-0.39, 0.29) is 23.8 Å². The molecule has 32 heavy (non-hydrogen) atoms.